The summed E-state index contributed by atoms with van der Waals surface area (Å²) in [6.45, 7) is 5.78. The van der Waals surface area contributed by atoms with Crippen LogP contribution in [0.3, 0.4) is 0 Å². The van der Waals surface area contributed by atoms with E-state index in [4.69, 9.17) is 28.9 Å². The van der Waals surface area contributed by atoms with Crippen molar-refractivity contribution in [2.45, 2.75) is 38.3 Å². The second kappa shape index (κ2) is 6.41. The molecule has 4 nitrogen and oxygen atoms in total. The molecule has 0 heterocycles. The molecule has 0 radical (unpaired) electrons. The van der Waals surface area contributed by atoms with E-state index in [0.717, 1.165) is 0 Å². The standard InChI is InChI=1S/C12H18Cl2N2O2S/c1-7(2)8(3)16-19(17,18)11-5-10(13)4-9(6-15)12(11)14/h4-5,7-8,16H,6,15H2,1-3H3. The molecular weight excluding hydrogens is 307 g/mol. The van der Waals surface area contributed by atoms with Gasteiger partial charge in [0, 0.05) is 17.6 Å². The van der Waals surface area contributed by atoms with Gasteiger partial charge in [0.2, 0.25) is 10.0 Å². The SMILES string of the molecule is CC(C)C(C)NS(=O)(=O)c1cc(Cl)cc(CN)c1Cl. The Kier molecular flexibility index (Phi) is 5.65. The molecule has 1 atom stereocenters. The molecule has 0 saturated carbocycles. The van der Waals surface area contributed by atoms with Gasteiger partial charge in [-0.05, 0) is 30.5 Å². The number of halogens is 2. The number of rotatable bonds is 5. The predicted molar refractivity (Wildman–Crippen MR) is 79.0 cm³/mol. The van der Waals surface area contributed by atoms with Crippen LogP contribution in [0, 0.1) is 5.92 Å². The molecule has 0 aromatic heterocycles. The molecule has 1 unspecified atom stereocenters. The highest BCUT2D eigenvalue weighted by atomic mass is 35.5. The topological polar surface area (TPSA) is 72.2 Å². The fraction of sp³-hybridized carbons (Fsp3) is 0.500. The molecule has 0 fully saturated rings. The number of benzene rings is 1. The molecule has 7 heteroatoms. The van der Waals surface area contributed by atoms with E-state index in [0.29, 0.717) is 10.6 Å². The van der Waals surface area contributed by atoms with Crippen molar-refractivity contribution < 1.29 is 8.42 Å². The van der Waals surface area contributed by atoms with Gasteiger partial charge < -0.3 is 5.73 Å². The average Bonchev–Trinajstić information content (AvgIpc) is 2.30. The van der Waals surface area contributed by atoms with Gasteiger partial charge >= 0.3 is 0 Å². The highest BCUT2D eigenvalue weighted by Crippen LogP contribution is 2.29. The van der Waals surface area contributed by atoms with Crippen LogP contribution in [0.4, 0.5) is 0 Å². The fourth-order valence-electron chi connectivity index (χ4n) is 1.41. The molecule has 0 aliphatic heterocycles. The van der Waals surface area contributed by atoms with Gasteiger partial charge in [-0.2, -0.15) is 0 Å². The van der Waals surface area contributed by atoms with Crippen molar-refractivity contribution in [1.29, 1.82) is 0 Å². The number of hydrogen-bond acceptors (Lipinski definition) is 3. The van der Waals surface area contributed by atoms with Gasteiger partial charge in [0.1, 0.15) is 4.90 Å². The zero-order chi connectivity index (χ0) is 14.8. The maximum Gasteiger partial charge on any atom is 0.242 e. The van der Waals surface area contributed by atoms with E-state index in [1.165, 1.54) is 6.07 Å². The van der Waals surface area contributed by atoms with Crippen molar-refractivity contribution in [3.05, 3.63) is 27.7 Å². The Morgan fingerprint density at radius 2 is 1.84 bits per heavy atom. The van der Waals surface area contributed by atoms with Crippen LogP contribution >= 0.6 is 23.2 Å². The van der Waals surface area contributed by atoms with Crippen LogP contribution in [0.1, 0.15) is 26.3 Å². The summed E-state index contributed by atoms with van der Waals surface area (Å²) in [5.41, 5.74) is 6.03. The zero-order valence-corrected chi connectivity index (χ0v) is 13.4. The fourth-order valence-corrected chi connectivity index (χ4v) is 3.74. The third-order valence-corrected chi connectivity index (χ3v) is 5.29. The van der Waals surface area contributed by atoms with Crippen LogP contribution < -0.4 is 10.5 Å². The van der Waals surface area contributed by atoms with Crippen molar-refractivity contribution in [2.75, 3.05) is 0 Å². The van der Waals surface area contributed by atoms with E-state index in [1.54, 1.807) is 13.0 Å². The van der Waals surface area contributed by atoms with Crippen LogP contribution in [0.5, 0.6) is 0 Å². The third-order valence-electron chi connectivity index (χ3n) is 2.93. The molecule has 0 aliphatic rings. The first-order valence-corrected chi connectivity index (χ1v) is 8.13. The molecule has 0 amide bonds. The molecule has 0 aliphatic carbocycles. The molecule has 0 bridgehead atoms. The molecule has 1 rings (SSSR count). The van der Waals surface area contributed by atoms with Gasteiger partial charge in [0.25, 0.3) is 0 Å². The average molecular weight is 325 g/mol. The second-order valence-electron chi connectivity index (χ2n) is 4.74. The summed E-state index contributed by atoms with van der Waals surface area (Å²) in [5.74, 6) is 0.168. The van der Waals surface area contributed by atoms with Crippen LogP contribution in [0.2, 0.25) is 10.0 Å². The maximum absolute atomic E-state index is 12.3. The molecular formula is C12H18Cl2N2O2S. The molecule has 0 saturated heterocycles. The minimum Gasteiger partial charge on any atom is -0.326 e. The van der Waals surface area contributed by atoms with E-state index >= 15 is 0 Å². The Hall–Kier alpha value is -0.330. The van der Waals surface area contributed by atoms with Crippen molar-refractivity contribution in [1.82, 2.24) is 4.72 Å². The van der Waals surface area contributed by atoms with Crippen molar-refractivity contribution in [3.8, 4) is 0 Å². The van der Waals surface area contributed by atoms with Crippen molar-refractivity contribution in [2.24, 2.45) is 11.7 Å². The number of nitrogens with two attached hydrogens (primary N) is 1. The van der Waals surface area contributed by atoms with Gasteiger partial charge in [-0.15, -0.1) is 0 Å². The second-order valence-corrected chi connectivity index (χ2v) is 7.23. The van der Waals surface area contributed by atoms with Crippen LogP contribution in [-0.4, -0.2) is 14.5 Å². The van der Waals surface area contributed by atoms with E-state index in [1.807, 2.05) is 13.8 Å². The first kappa shape index (κ1) is 16.7. The minimum atomic E-state index is -3.71. The molecule has 108 valence electrons. The lowest BCUT2D eigenvalue weighted by atomic mass is 10.1. The van der Waals surface area contributed by atoms with Gasteiger partial charge in [-0.3, -0.25) is 0 Å². The quantitative estimate of drug-likeness (QED) is 0.874. The highest BCUT2D eigenvalue weighted by Gasteiger charge is 2.23. The first-order valence-electron chi connectivity index (χ1n) is 5.89. The Morgan fingerprint density at radius 1 is 1.26 bits per heavy atom. The van der Waals surface area contributed by atoms with Crippen molar-refractivity contribution in [3.63, 3.8) is 0 Å². The summed E-state index contributed by atoms with van der Waals surface area (Å²) in [6, 6.07) is 2.69. The smallest absolute Gasteiger partial charge is 0.242 e. The minimum absolute atomic E-state index is 0.0328. The van der Waals surface area contributed by atoms with Crippen LogP contribution in [0.15, 0.2) is 17.0 Å². The van der Waals surface area contributed by atoms with E-state index < -0.39 is 10.0 Å². The van der Waals surface area contributed by atoms with Gasteiger partial charge in [0.05, 0.1) is 5.02 Å². The zero-order valence-electron chi connectivity index (χ0n) is 11.1. The predicted octanol–water partition coefficient (Wildman–Crippen LogP) is 2.77. The Morgan fingerprint density at radius 3 is 2.32 bits per heavy atom. The van der Waals surface area contributed by atoms with E-state index in [2.05, 4.69) is 4.72 Å². The molecule has 0 spiro atoms. The number of nitrogens with one attached hydrogen (secondary N) is 1. The third kappa shape index (κ3) is 4.07. The largest absolute Gasteiger partial charge is 0.326 e. The molecule has 1 aromatic rings. The van der Waals surface area contributed by atoms with Gasteiger partial charge in [-0.1, -0.05) is 37.0 Å². The monoisotopic (exact) mass is 324 g/mol. The van der Waals surface area contributed by atoms with Crippen LogP contribution in [-0.2, 0) is 16.6 Å². The molecule has 3 N–H and O–H groups in total. The summed E-state index contributed by atoms with van der Waals surface area (Å²) < 4.78 is 27.2. The van der Waals surface area contributed by atoms with E-state index in [9.17, 15) is 8.42 Å². The first-order chi connectivity index (χ1) is 8.69. The normalized spacial score (nSPS) is 13.8. The molecule has 1 aromatic carbocycles. The van der Waals surface area contributed by atoms with Crippen LogP contribution in [0.25, 0.3) is 0 Å². The lowest BCUT2D eigenvalue weighted by Gasteiger charge is -2.18. The number of sulfonamides is 1. The molecule has 19 heavy (non-hydrogen) atoms. The Balaban J connectivity index is 3.25. The summed E-state index contributed by atoms with van der Waals surface area (Å²) in [7, 11) is -3.71. The summed E-state index contributed by atoms with van der Waals surface area (Å²) in [5, 5.41) is 0.415. The lowest BCUT2D eigenvalue weighted by Crippen LogP contribution is -2.36. The van der Waals surface area contributed by atoms with E-state index in [-0.39, 0.29) is 28.4 Å². The maximum atomic E-state index is 12.3. The van der Waals surface area contributed by atoms with Gasteiger partial charge in [-0.25, -0.2) is 13.1 Å². The summed E-state index contributed by atoms with van der Waals surface area (Å²) >= 11 is 12.0. The Labute approximate surface area is 124 Å². The lowest BCUT2D eigenvalue weighted by molar-refractivity contribution is 0.476. The van der Waals surface area contributed by atoms with Crippen molar-refractivity contribution >= 4 is 33.2 Å². The number of hydrogen-bond donors (Lipinski definition) is 2. The highest BCUT2D eigenvalue weighted by molar-refractivity contribution is 7.89. The van der Waals surface area contributed by atoms with Gasteiger partial charge in [0.15, 0.2) is 0 Å². The summed E-state index contributed by atoms with van der Waals surface area (Å²) in [4.78, 5) is -0.0328. The Bertz CT molecular complexity index is 559. The summed E-state index contributed by atoms with van der Waals surface area (Å²) in [6.07, 6.45) is 0.